The summed E-state index contributed by atoms with van der Waals surface area (Å²) in [6.45, 7) is 3.82. The first kappa shape index (κ1) is 13.2. The first-order chi connectivity index (χ1) is 9.44. The summed E-state index contributed by atoms with van der Waals surface area (Å²) in [5.74, 6) is -0.0774. The van der Waals surface area contributed by atoms with Gasteiger partial charge in [0.2, 0.25) is 0 Å². The maximum Gasteiger partial charge on any atom is 0.317 e. The van der Waals surface area contributed by atoms with E-state index in [1.165, 1.54) is 7.11 Å². The van der Waals surface area contributed by atoms with Gasteiger partial charge < -0.3 is 20.1 Å². The van der Waals surface area contributed by atoms with E-state index in [0.29, 0.717) is 5.11 Å². The SMILES string of the molecule is COC(=O)C1C2NC(=S)NC1(C)Oc1ccc(C)cc12. The molecule has 6 heteroatoms. The largest absolute Gasteiger partial charge is 0.469 e. The molecule has 3 rings (SSSR count). The zero-order valence-electron chi connectivity index (χ0n) is 11.5. The maximum atomic E-state index is 12.2. The highest BCUT2D eigenvalue weighted by Gasteiger charge is 2.55. The zero-order chi connectivity index (χ0) is 14.5. The third kappa shape index (κ3) is 1.83. The second-order valence-electron chi connectivity index (χ2n) is 5.33. The quantitative estimate of drug-likeness (QED) is 0.603. The van der Waals surface area contributed by atoms with Gasteiger partial charge in [-0.15, -0.1) is 0 Å². The summed E-state index contributed by atoms with van der Waals surface area (Å²) < 4.78 is 10.9. The van der Waals surface area contributed by atoms with Gasteiger partial charge in [-0.25, -0.2) is 0 Å². The molecule has 106 valence electrons. The maximum absolute atomic E-state index is 12.2. The summed E-state index contributed by atoms with van der Waals surface area (Å²) in [6.07, 6.45) is 0. The topological polar surface area (TPSA) is 59.6 Å². The molecule has 0 aromatic heterocycles. The standard InChI is InChI=1S/C14H16N2O3S/c1-7-4-5-9-8(6-7)11-10(12(17)18-3)14(2,19-9)16-13(20)15-11/h4-6,10-11H,1-3H3,(H2,15,16,20). The van der Waals surface area contributed by atoms with Gasteiger partial charge in [0.15, 0.2) is 10.8 Å². The normalized spacial score (nSPS) is 30.4. The van der Waals surface area contributed by atoms with Crippen LogP contribution in [0.1, 0.15) is 24.1 Å². The van der Waals surface area contributed by atoms with Crippen LogP contribution in [0.25, 0.3) is 0 Å². The second-order valence-corrected chi connectivity index (χ2v) is 5.74. The molecule has 2 aliphatic rings. The third-order valence-electron chi connectivity index (χ3n) is 3.85. The van der Waals surface area contributed by atoms with Crippen molar-refractivity contribution in [2.24, 2.45) is 5.92 Å². The second kappa shape index (κ2) is 4.34. The zero-order valence-corrected chi connectivity index (χ0v) is 12.3. The Hall–Kier alpha value is -1.82. The number of ether oxygens (including phenoxy) is 2. The Bertz CT molecular complexity index is 604. The van der Waals surface area contributed by atoms with Crippen LogP contribution in [0.5, 0.6) is 5.75 Å². The average Bonchev–Trinajstić information content (AvgIpc) is 2.38. The monoisotopic (exact) mass is 292 g/mol. The smallest absolute Gasteiger partial charge is 0.317 e. The molecule has 1 aromatic rings. The van der Waals surface area contributed by atoms with Crippen LogP contribution >= 0.6 is 12.2 Å². The minimum Gasteiger partial charge on any atom is -0.469 e. The van der Waals surface area contributed by atoms with Crippen molar-refractivity contribution >= 4 is 23.3 Å². The lowest BCUT2D eigenvalue weighted by Crippen LogP contribution is -2.69. The predicted octanol–water partition coefficient (Wildman–Crippen LogP) is 1.41. The molecular weight excluding hydrogens is 276 g/mol. The third-order valence-corrected chi connectivity index (χ3v) is 4.07. The van der Waals surface area contributed by atoms with Gasteiger partial charge in [0.05, 0.1) is 13.2 Å². The summed E-state index contributed by atoms with van der Waals surface area (Å²) in [5.41, 5.74) is 1.13. The molecule has 3 unspecified atom stereocenters. The molecule has 0 aliphatic carbocycles. The highest BCUT2D eigenvalue weighted by atomic mass is 32.1. The fraction of sp³-hybridized carbons (Fsp3) is 0.429. The molecule has 5 nitrogen and oxygen atoms in total. The number of esters is 1. The van der Waals surface area contributed by atoms with Crippen LogP contribution in [0.15, 0.2) is 18.2 Å². The Kier molecular flexibility index (Phi) is 2.86. The Morgan fingerprint density at radius 1 is 1.50 bits per heavy atom. The van der Waals surface area contributed by atoms with Gasteiger partial charge in [0.1, 0.15) is 11.7 Å². The van der Waals surface area contributed by atoms with E-state index in [0.717, 1.165) is 16.9 Å². The number of thiocarbonyl (C=S) groups is 1. The molecule has 2 aliphatic heterocycles. The molecule has 0 saturated carbocycles. The molecule has 0 spiro atoms. The van der Waals surface area contributed by atoms with E-state index in [9.17, 15) is 4.79 Å². The van der Waals surface area contributed by atoms with E-state index in [1.54, 1.807) is 0 Å². The van der Waals surface area contributed by atoms with Crippen molar-refractivity contribution in [2.75, 3.05) is 7.11 Å². The summed E-state index contributed by atoms with van der Waals surface area (Å²) in [6, 6.07) is 5.66. The Balaban J connectivity index is 2.16. The summed E-state index contributed by atoms with van der Waals surface area (Å²) in [7, 11) is 1.38. The van der Waals surface area contributed by atoms with Crippen LogP contribution < -0.4 is 15.4 Å². The van der Waals surface area contributed by atoms with Crippen LogP contribution in [0, 0.1) is 12.8 Å². The van der Waals surface area contributed by atoms with Crippen LogP contribution in [0.3, 0.4) is 0 Å². The number of aryl methyl sites for hydroxylation is 1. The number of fused-ring (bicyclic) bond motifs is 4. The van der Waals surface area contributed by atoms with Crippen molar-refractivity contribution in [2.45, 2.75) is 25.6 Å². The number of rotatable bonds is 1. The van der Waals surface area contributed by atoms with E-state index >= 15 is 0 Å². The van der Waals surface area contributed by atoms with Crippen molar-refractivity contribution in [1.29, 1.82) is 0 Å². The first-order valence-corrected chi connectivity index (χ1v) is 6.81. The fourth-order valence-electron chi connectivity index (χ4n) is 2.95. The number of hydrogen-bond donors (Lipinski definition) is 2. The van der Waals surface area contributed by atoms with E-state index in [1.807, 2.05) is 32.0 Å². The van der Waals surface area contributed by atoms with Gasteiger partial charge in [-0.2, -0.15) is 0 Å². The lowest BCUT2D eigenvalue weighted by molar-refractivity contribution is -0.159. The molecule has 1 aromatic carbocycles. The lowest BCUT2D eigenvalue weighted by Gasteiger charge is -2.50. The fourth-order valence-corrected chi connectivity index (χ4v) is 3.28. The number of carbonyl (C=O) groups excluding carboxylic acids is 1. The molecule has 0 amide bonds. The summed E-state index contributed by atoms with van der Waals surface area (Å²) in [4.78, 5) is 12.2. The van der Waals surface area contributed by atoms with Crippen molar-refractivity contribution in [1.82, 2.24) is 10.6 Å². The number of benzene rings is 1. The number of hydrogen-bond acceptors (Lipinski definition) is 4. The molecule has 20 heavy (non-hydrogen) atoms. The van der Waals surface area contributed by atoms with Gasteiger partial charge in [-0.1, -0.05) is 17.7 Å². The van der Waals surface area contributed by atoms with E-state index in [4.69, 9.17) is 21.7 Å². The number of methoxy groups -OCH3 is 1. The van der Waals surface area contributed by atoms with E-state index < -0.39 is 11.6 Å². The molecule has 1 fully saturated rings. The minimum atomic E-state index is -0.900. The molecule has 1 saturated heterocycles. The highest BCUT2D eigenvalue weighted by Crippen LogP contribution is 2.45. The van der Waals surface area contributed by atoms with Crippen molar-refractivity contribution < 1.29 is 14.3 Å². The molecule has 3 atom stereocenters. The number of carbonyl (C=O) groups is 1. The minimum absolute atomic E-state index is 0.246. The molecule has 2 heterocycles. The van der Waals surface area contributed by atoms with Crippen LogP contribution in [0.2, 0.25) is 0 Å². The number of nitrogens with one attached hydrogen (secondary N) is 2. The Morgan fingerprint density at radius 2 is 2.25 bits per heavy atom. The van der Waals surface area contributed by atoms with Crippen LogP contribution in [-0.2, 0) is 9.53 Å². The summed E-state index contributed by atoms with van der Waals surface area (Å²) in [5, 5.41) is 6.68. The van der Waals surface area contributed by atoms with Gasteiger partial charge in [0.25, 0.3) is 0 Å². The van der Waals surface area contributed by atoms with Gasteiger partial charge in [0, 0.05) is 5.56 Å². The molecule has 2 N–H and O–H groups in total. The molecular formula is C14H16N2O3S. The van der Waals surface area contributed by atoms with Gasteiger partial charge >= 0.3 is 5.97 Å². The Labute approximate surface area is 122 Å². The summed E-state index contributed by atoms with van der Waals surface area (Å²) >= 11 is 5.22. The van der Waals surface area contributed by atoms with Crippen LogP contribution in [-0.4, -0.2) is 23.9 Å². The van der Waals surface area contributed by atoms with Gasteiger partial charge in [-0.05, 0) is 32.1 Å². The van der Waals surface area contributed by atoms with Crippen molar-refractivity contribution in [3.63, 3.8) is 0 Å². The van der Waals surface area contributed by atoms with Crippen molar-refractivity contribution in [3.05, 3.63) is 29.3 Å². The average molecular weight is 292 g/mol. The van der Waals surface area contributed by atoms with E-state index in [-0.39, 0.29) is 12.0 Å². The predicted molar refractivity (Wildman–Crippen MR) is 77.3 cm³/mol. The molecule has 2 bridgehead atoms. The molecule has 0 radical (unpaired) electrons. The Morgan fingerprint density at radius 3 is 2.95 bits per heavy atom. The van der Waals surface area contributed by atoms with Gasteiger partial charge in [-0.3, -0.25) is 4.79 Å². The highest BCUT2D eigenvalue weighted by molar-refractivity contribution is 7.80. The van der Waals surface area contributed by atoms with Crippen molar-refractivity contribution in [3.8, 4) is 5.75 Å². The van der Waals surface area contributed by atoms with E-state index in [2.05, 4.69) is 10.6 Å². The first-order valence-electron chi connectivity index (χ1n) is 6.40. The lowest BCUT2D eigenvalue weighted by atomic mass is 9.80. The van der Waals surface area contributed by atoms with Crippen LogP contribution in [0.4, 0.5) is 0 Å².